The summed E-state index contributed by atoms with van der Waals surface area (Å²) < 4.78 is 11.5. The van der Waals surface area contributed by atoms with Crippen LogP contribution in [0.3, 0.4) is 0 Å². The minimum Gasteiger partial charge on any atom is -0.480 e. The van der Waals surface area contributed by atoms with E-state index in [1.54, 1.807) is 0 Å². The van der Waals surface area contributed by atoms with Crippen LogP contribution in [-0.2, 0) is 14.3 Å². The maximum Gasteiger partial charge on any atom is 0.410 e. The van der Waals surface area contributed by atoms with Gasteiger partial charge in [0.15, 0.2) is 0 Å². The van der Waals surface area contributed by atoms with Gasteiger partial charge in [0.2, 0.25) is 0 Å². The summed E-state index contributed by atoms with van der Waals surface area (Å²) >= 11 is 0. The predicted octanol–water partition coefficient (Wildman–Crippen LogP) is 4.03. The molecule has 6 heteroatoms. The highest BCUT2D eigenvalue weighted by atomic mass is 16.6. The summed E-state index contributed by atoms with van der Waals surface area (Å²) in [5, 5.41) is 9.64. The summed E-state index contributed by atoms with van der Waals surface area (Å²) in [6.07, 6.45) is 2.20. The SMILES string of the molecule is O=C(O)[C@@H]1CC[C@H](C2CCCO2)N1C(=O)OCC1c2ccccc2-c2ccccc21. The van der Waals surface area contributed by atoms with Gasteiger partial charge in [-0.05, 0) is 47.9 Å². The smallest absolute Gasteiger partial charge is 0.410 e. The lowest BCUT2D eigenvalue weighted by atomic mass is 9.98. The van der Waals surface area contributed by atoms with E-state index in [1.165, 1.54) is 4.90 Å². The second kappa shape index (κ2) is 7.76. The van der Waals surface area contributed by atoms with E-state index >= 15 is 0 Å². The van der Waals surface area contributed by atoms with Gasteiger partial charge in [0.05, 0.1) is 12.1 Å². The average Bonchev–Trinajstić information content (AvgIpc) is 3.49. The Morgan fingerprint density at radius 3 is 2.27 bits per heavy atom. The highest BCUT2D eigenvalue weighted by Gasteiger charge is 2.46. The number of aliphatic carboxylic acids is 1. The van der Waals surface area contributed by atoms with Crippen molar-refractivity contribution in [1.82, 2.24) is 4.90 Å². The lowest BCUT2D eigenvalue weighted by Gasteiger charge is -2.31. The minimum absolute atomic E-state index is 0.0478. The molecule has 1 N–H and O–H groups in total. The van der Waals surface area contributed by atoms with Crippen LogP contribution in [0, 0.1) is 0 Å². The van der Waals surface area contributed by atoms with Crippen LogP contribution in [0.2, 0.25) is 0 Å². The number of nitrogens with zero attached hydrogens (tertiary/aromatic N) is 1. The topological polar surface area (TPSA) is 76.1 Å². The zero-order chi connectivity index (χ0) is 20.7. The molecule has 2 aromatic carbocycles. The average molecular weight is 407 g/mol. The van der Waals surface area contributed by atoms with Gasteiger partial charge in [0, 0.05) is 12.5 Å². The molecule has 0 saturated carbocycles. The lowest BCUT2D eigenvalue weighted by Crippen LogP contribution is -2.49. The Labute approximate surface area is 175 Å². The maximum atomic E-state index is 13.1. The number of likely N-dealkylation sites (tertiary alicyclic amines) is 1. The standard InChI is InChI=1S/C24H25NO5/c26-23(27)21-12-11-20(22-10-5-13-29-22)25(21)24(28)30-14-19-17-8-3-1-6-15(17)16-7-2-4-9-18(16)19/h1-4,6-9,19-22H,5,10-14H2,(H,26,27)/t20-,21+,22?/m1/s1. The third-order valence-corrected chi connectivity index (χ3v) is 6.65. The quantitative estimate of drug-likeness (QED) is 0.828. The lowest BCUT2D eigenvalue weighted by molar-refractivity contribution is -0.142. The van der Waals surface area contributed by atoms with E-state index in [9.17, 15) is 14.7 Å². The Morgan fingerprint density at radius 2 is 1.67 bits per heavy atom. The number of hydrogen-bond acceptors (Lipinski definition) is 4. The van der Waals surface area contributed by atoms with E-state index in [4.69, 9.17) is 9.47 Å². The van der Waals surface area contributed by atoms with E-state index in [1.807, 2.05) is 24.3 Å². The third-order valence-electron chi connectivity index (χ3n) is 6.65. The maximum absolute atomic E-state index is 13.1. The van der Waals surface area contributed by atoms with Gasteiger partial charge in [0.1, 0.15) is 12.6 Å². The van der Waals surface area contributed by atoms with Gasteiger partial charge in [-0.3, -0.25) is 4.90 Å². The molecule has 3 aliphatic rings. The summed E-state index contributed by atoms with van der Waals surface area (Å²) in [6.45, 7) is 0.853. The molecule has 5 rings (SSSR count). The van der Waals surface area contributed by atoms with Crippen LogP contribution in [0.4, 0.5) is 4.79 Å². The van der Waals surface area contributed by atoms with Crippen molar-refractivity contribution in [3.63, 3.8) is 0 Å². The number of carboxylic acid groups (broad SMARTS) is 1. The second-order valence-electron chi connectivity index (χ2n) is 8.26. The molecular weight excluding hydrogens is 382 g/mol. The number of carboxylic acids is 1. The van der Waals surface area contributed by atoms with Crippen LogP contribution < -0.4 is 0 Å². The van der Waals surface area contributed by atoms with E-state index in [0.717, 1.165) is 35.1 Å². The normalized spacial score (nSPS) is 25.2. The zero-order valence-electron chi connectivity index (χ0n) is 16.7. The molecule has 1 aliphatic carbocycles. The van der Waals surface area contributed by atoms with Crippen molar-refractivity contribution in [1.29, 1.82) is 0 Å². The van der Waals surface area contributed by atoms with E-state index < -0.39 is 18.1 Å². The van der Waals surface area contributed by atoms with Crippen LogP contribution >= 0.6 is 0 Å². The number of carbonyl (C=O) groups excluding carboxylic acids is 1. The molecule has 2 saturated heterocycles. The predicted molar refractivity (Wildman–Crippen MR) is 110 cm³/mol. The zero-order valence-corrected chi connectivity index (χ0v) is 16.7. The highest BCUT2D eigenvalue weighted by Crippen LogP contribution is 2.44. The number of benzene rings is 2. The molecule has 156 valence electrons. The van der Waals surface area contributed by atoms with Crippen molar-refractivity contribution in [3.8, 4) is 11.1 Å². The molecule has 2 heterocycles. The number of fused-ring (bicyclic) bond motifs is 3. The molecule has 3 atom stereocenters. The van der Waals surface area contributed by atoms with Gasteiger partial charge in [0.25, 0.3) is 0 Å². The fourth-order valence-electron chi connectivity index (χ4n) is 5.28. The van der Waals surface area contributed by atoms with Gasteiger partial charge >= 0.3 is 12.1 Å². The number of amides is 1. The van der Waals surface area contributed by atoms with Crippen molar-refractivity contribution in [3.05, 3.63) is 59.7 Å². The van der Waals surface area contributed by atoms with Crippen molar-refractivity contribution >= 4 is 12.1 Å². The molecule has 2 aliphatic heterocycles. The van der Waals surface area contributed by atoms with Crippen LogP contribution in [0.25, 0.3) is 11.1 Å². The van der Waals surface area contributed by atoms with Crippen molar-refractivity contribution in [2.24, 2.45) is 0 Å². The summed E-state index contributed by atoms with van der Waals surface area (Å²) in [4.78, 5) is 26.3. The molecule has 1 unspecified atom stereocenters. The van der Waals surface area contributed by atoms with Crippen LogP contribution in [0.15, 0.2) is 48.5 Å². The fraction of sp³-hybridized carbons (Fsp3) is 0.417. The number of carbonyl (C=O) groups is 2. The molecule has 1 amide bonds. The van der Waals surface area contributed by atoms with Crippen molar-refractivity contribution in [2.75, 3.05) is 13.2 Å². The summed E-state index contributed by atoms with van der Waals surface area (Å²) in [5.74, 6) is -1.03. The van der Waals surface area contributed by atoms with E-state index in [0.29, 0.717) is 19.4 Å². The number of hydrogen-bond donors (Lipinski definition) is 1. The Hall–Kier alpha value is -2.86. The first kappa shape index (κ1) is 19.1. The summed E-state index contributed by atoms with van der Waals surface area (Å²) in [7, 11) is 0. The van der Waals surface area contributed by atoms with Gasteiger partial charge in [-0.25, -0.2) is 9.59 Å². The molecule has 30 heavy (non-hydrogen) atoms. The fourth-order valence-corrected chi connectivity index (χ4v) is 5.28. The Balaban J connectivity index is 1.36. The molecule has 0 aromatic heterocycles. The molecule has 0 bridgehead atoms. The molecular formula is C24H25NO5. The van der Waals surface area contributed by atoms with E-state index in [-0.39, 0.29) is 24.7 Å². The van der Waals surface area contributed by atoms with Gasteiger partial charge in [-0.1, -0.05) is 48.5 Å². The monoisotopic (exact) mass is 407 g/mol. The van der Waals surface area contributed by atoms with Crippen molar-refractivity contribution < 1.29 is 24.2 Å². The third kappa shape index (κ3) is 3.16. The molecule has 2 fully saturated rings. The number of rotatable bonds is 4. The first-order chi connectivity index (χ1) is 14.6. The van der Waals surface area contributed by atoms with Gasteiger partial charge in [-0.15, -0.1) is 0 Å². The summed E-state index contributed by atoms with van der Waals surface area (Å²) in [6, 6.07) is 15.2. The van der Waals surface area contributed by atoms with Gasteiger partial charge < -0.3 is 14.6 Å². The Morgan fingerprint density at radius 1 is 1.00 bits per heavy atom. The van der Waals surface area contributed by atoms with Crippen molar-refractivity contribution in [2.45, 2.75) is 49.8 Å². The first-order valence-electron chi connectivity index (χ1n) is 10.6. The molecule has 6 nitrogen and oxygen atoms in total. The van der Waals surface area contributed by atoms with Crippen LogP contribution in [0.1, 0.15) is 42.7 Å². The molecule has 0 radical (unpaired) electrons. The molecule has 2 aromatic rings. The molecule has 0 spiro atoms. The highest BCUT2D eigenvalue weighted by molar-refractivity contribution is 5.82. The van der Waals surface area contributed by atoms with Crippen LogP contribution in [0.5, 0.6) is 0 Å². The first-order valence-corrected chi connectivity index (χ1v) is 10.6. The largest absolute Gasteiger partial charge is 0.480 e. The Bertz CT molecular complexity index is 922. The Kier molecular flexibility index (Phi) is 4.95. The minimum atomic E-state index is -0.982. The van der Waals surface area contributed by atoms with Gasteiger partial charge in [-0.2, -0.15) is 0 Å². The van der Waals surface area contributed by atoms with Crippen LogP contribution in [-0.4, -0.2) is 53.5 Å². The number of ether oxygens (including phenoxy) is 2. The van der Waals surface area contributed by atoms with E-state index in [2.05, 4.69) is 24.3 Å². The summed E-state index contributed by atoms with van der Waals surface area (Å²) in [5.41, 5.74) is 4.60. The second-order valence-corrected chi connectivity index (χ2v) is 8.26.